The Balaban J connectivity index is 2.11. The predicted octanol–water partition coefficient (Wildman–Crippen LogP) is 1.82. The van der Waals surface area contributed by atoms with Gasteiger partial charge in [-0.05, 0) is 25.1 Å². The van der Waals surface area contributed by atoms with E-state index in [1.165, 1.54) is 10.9 Å². The van der Waals surface area contributed by atoms with Crippen LogP contribution in [0.15, 0.2) is 30.6 Å². The third-order valence-corrected chi connectivity index (χ3v) is 2.76. The minimum Gasteiger partial charge on any atom is -0.376 e. The highest BCUT2D eigenvalue weighted by Crippen LogP contribution is 2.22. The first-order valence-electron chi connectivity index (χ1n) is 5.98. The highest BCUT2D eigenvalue weighted by Gasteiger charge is 2.13. The molecule has 0 aliphatic heterocycles. The Morgan fingerprint density at radius 1 is 1.50 bits per heavy atom. The zero-order valence-corrected chi connectivity index (χ0v) is 10.8. The molecule has 106 valence electrons. The number of anilines is 1. The smallest absolute Gasteiger partial charge is 0.239 e. The molecule has 0 radical (unpaired) electrons. The van der Waals surface area contributed by atoms with Gasteiger partial charge in [0.1, 0.15) is 18.2 Å². The second-order valence-electron chi connectivity index (χ2n) is 4.42. The molecule has 0 saturated carbocycles. The molecule has 0 bridgehead atoms. The van der Waals surface area contributed by atoms with Crippen molar-refractivity contribution in [1.29, 1.82) is 0 Å². The van der Waals surface area contributed by atoms with Crippen molar-refractivity contribution in [2.24, 2.45) is 5.73 Å². The van der Waals surface area contributed by atoms with Crippen LogP contribution in [0.2, 0.25) is 0 Å². The number of amides is 1. The lowest BCUT2D eigenvalue weighted by Crippen LogP contribution is -2.18. The van der Waals surface area contributed by atoms with Crippen molar-refractivity contribution in [3.05, 3.63) is 47.8 Å². The van der Waals surface area contributed by atoms with Gasteiger partial charge >= 0.3 is 0 Å². The lowest BCUT2D eigenvalue weighted by molar-refractivity contribution is -0.118. The van der Waals surface area contributed by atoms with Crippen molar-refractivity contribution in [3.8, 4) is 0 Å². The Morgan fingerprint density at radius 2 is 2.25 bits per heavy atom. The van der Waals surface area contributed by atoms with Gasteiger partial charge in [-0.1, -0.05) is 0 Å². The standard InChI is InChI=1S/C13H14F2N4O/c1-8(11-4-9(14)2-3-12(11)15)18-10-5-17-19(6-10)7-13(16)20/h2-6,8,18H,7H2,1H3,(H2,16,20). The molecule has 1 unspecified atom stereocenters. The van der Waals surface area contributed by atoms with Crippen molar-refractivity contribution >= 4 is 11.6 Å². The zero-order valence-electron chi connectivity index (χ0n) is 10.8. The zero-order chi connectivity index (χ0) is 14.7. The van der Waals surface area contributed by atoms with Gasteiger partial charge in [0, 0.05) is 11.8 Å². The molecule has 0 saturated heterocycles. The van der Waals surface area contributed by atoms with Crippen molar-refractivity contribution < 1.29 is 13.6 Å². The van der Waals surface area contributed by atoms with E-state index in [2.05, 4.69) is 10.4 Å². The molecule has 0 aliphatic rings. The van der Waals surface area contributed by atoms with Gasteiger partial charge in [-0.3, -0.25) is 9.48 Å². The van der Waals surface area contributed by atoms with Gasteiger partial charge in [-0.15, -0.1) is 0 Å². The molecule has 0 fully saturated rings. The second kappa shape index (κ2) is 5.68. The number of aromatic nitrogens is 2. The van der Waals surface area contributed by atoms with E-state index >= 15 is 0 Å². The number of halogens is 2. The van der Waals surface area contributed by atoms with E-state index in [0.717, 1.165) is 18.2 Å². The molecule has 2 rings (SSSR count). The Bertz CT molecular complexity index is 627. The van der Waals surface area contributed by atoms with Gasteiger partial charge in [0.15, 0.2) is 0 Å². The normalized spacial score (nSPS) is 12.2. The minimum absolute atomic E-state index is 0.0373. The molecule has 1 heterocycles. The minimum atomic E-state index is -0.510. The molecule has 1 aromatic carbocycles. The maximum Gasteiger partial charge on any atom is 0.239 e. The van der Waals surface area contributed by atoms with Gasteiger partial charge in [0.2, 0.25) is 5.91 Å². The molecule has 1 atom stereocenters. The largest absolute Gasteiger partial charge is 0.376 e. The number of carbonyl (C=O) groups excluding carboxylic acids is 1. The highest BCUT2D eigenvalue weighted by atomic mass is 19.1. The summed E-state index contributed by atoms with van der Waals surface area (Å²) in [5, 5.41) is 6.91. The number of benzene rings is 1. The summed E-state index contributed by atoms with van der Waals surface area (Å²) in [5.74, 6) is -1.50. The molecule has 0 aliphatic carbocycles. The second-order valence-corrected chi connectivity index (χ2v) is 4.42. The lowest BCUT2D eigenvalue weighted by atomic mass is 10.1. The lowest BCUT2D eigenvalue weighted by Gasteiger charge is -2.14. The average molecular weight is 280 g/mol. The predicted molar refractivity (Wildman–Crippen MR) is 69.8 cm³/mol. The van der Waals surface area contributed by atoms with E-state index in [-0.39, 0.29) is 12.1 Å². The van der Waals surface area contributed by atoms with E-state index in [4.69, 9.17) is 5.73 Å². The Kier molecular flexibility index (Phi) is 3.97. The number of hydrogen-bond acceptors (Lipinski definition) is 3. The van der Waals surface area contributed by atoms with Gasteiger partial charge < -0.3 is 11.1 Å². The Labute approximate surface area is 114 Å². The van der Waals surface area contributed by atoms with Crippen molar-refractivity contribution in [3.63, 3.8) is 0 Å². The number of nitrogens with one attached hydrogen (secondary N) is 1. The first-order chi connectivity index (χ1) is 9.45. The fourth-order valence-corrected chi connectivity index (χ4v) is 1.86. The van der Waals surface area contributed by atoms with Crippen molar-refractivity contribution in [1.82, 2.24) is 9.78 Å². The summed E-state index contributed by atoms with van der Waals surface area (Å²) in [4.78, 5) is 10.8. The monoisotopic (exact) mass is 280 g/mol. The van der Waals surface area contributed by atoms with Crippen LogP contribution < -0.4 is 11.1 Å². The number of primary amides is 1. The molecular formula is C13H14F2N4O. The number of rotatable bonds is 5. The summed E-state index contributed by atoms with van der Waals surface area (Å²) in [7, 11) is 0. The van der Waals surface area contributed by atoms with Crippen LogP contribution in [-0.4, -0.2) is 15.7 Å². The quantitative estimate of drug-likeness (QED) is 0.877. The summed E-state index contributed by atoms with van der Waals surface area (Å²) in [6, 6.07) is 2.84. The van der Waals surface area contributed by atoms with Crippen LogP contribution in [-0.2, 0) is 11.3 Å². The molecule has 0 spiro atoms. The third kappa shape index (κ3) is 3.31. The number of carbonyl (C=O) groups is 1. The third-order valence-electron chi connectivity index (χ3n) is 2.76. The molecule has 2 aromatic rings. The molecule has 1 aromatic heterocycles. The summed E-state index contributed by atoms with van der Waals surface area (Å²) < 4.78 is 28.1. The topological polar surface area (TPSA) is 72.9 Å². The van der Waals surface area contributed by atoms with E-state index in [0.29, 0.717) is 5.69 Å². The fraction of sp³-hybridized carbons (Fsp3) is 0.231. The van der Waals surface area contributed by atoms with Crippen molar-refractivity contribution in [2.45, 2.75) is 19.5 Å². The maximum atomic E-state index is 13.6. The SMILES string of the molecule is CC(Nc1cnn(CC(N)=O)c1)c1cc(F)ccc1F. The van der Waals surface area contributed by atoms with E-state index in [1.807, 2.05) is 0 Å². The van der Waals surface area contributed by atoms with Crippen LogP contribution in [0.25, 0.3) is 0 Å². The van der Waals surface area contributed by atoms with Gasteiger partial charge in [0.05, 0.1) is 17.9 Å². The molecule has 1 amide bonds. The molecule has 20 heavy (non-hydrogen) atoms. The van der Waals surface area contributed by atoms with Gasteiger partial charge in [0.25, 0.3) is 0 Å². The van der Waals surface area contributed by atoms with E-state index < -0.39 is 23.6 Å². The fourth-order valence-electron chi connectivity index (χ4n) is 1.86. The number of nitrogens with two attached hydrogens (primary N) is 1. The first kappa shape index (κ1) is 14.0. The molecule has 3 N–H and O–H groups in total. The van der Waals surface area contributed by atoms with Crippen LogP contribution in [0, 0.1) is 11.6 Å². The van der Waals surface area contributed by atoms with E-state index in [9.17, 15) is 13.6 Å². The molecule has 5 nitrogen and oxygen atoms in total. The Morgan fingerprint density at radius 3 is 2.95 bits per heavy atom. The van der Waals surface area contributed by atoms with Crippen molar-refractivity contribution in [2.75, 3.05) is 5.32 Å². The summed E-state index contributed by atoms with van der Waals surface area (Å²) >= 11 is 0. The highest BCUT2D eigenvalue weighted by molar-refractivity contribution is 5.73. The number of hydrogen-bond donors (Lipinski definition) is 2. The van der Waals surface area contributed by atoms with Crippen LogP contribution >= 0.6 is 0 Å². The number of nitrogens with zero attached hydrogens (tertiary/aromatic N) is 2. The average Bonchev–Trinajstić information content (AvgIpc) is 2.78. The Hall–Kier alpha value is -2.44. The van der Waals surface area contributed by atoms with Gasteiger partial charge in [-0.2, -0.15) is 5.10 Å². The maximum absolute atomic E-state index is 13.6. The molecule has 7 heteroatoms. The summed E-state index contributed by atoms with van der Waals surface area (Å²) in [5.41, 5.74) is 5.85. The van der Waals surface area contributed by atoms with E-state index in [1.54, 1.807) is 13.1 Å². The van der Waals surface area contributed by atoms with Crippen LogP contribution in [0.4, 0.5) is 14.5 Å². The first-order valence-corrected chi connectivity index (χ1v) is 5.98. The van der Waals surface area contributed by atoms with Crippen LogP contribution in [0.5, 0.6) is 0 Å². The van der Waals surface area contributed by atoms with Crippen LogP contribution in [0.1, 0.15) is 18.5 Å². The summed E-state index contributed by atoms with van der Waals surface area (Å²) in [6.45, 7) is 1.66. The molecular weight excluding hydrogens is 266 g/mol. The summed E-state index contributed by atoms with van der Waals surface area (Å²) in [6.07, 6.45) is 3.05. The van der Waals surface area contributed by atoms with Crippen LogP contribution in [0.3, 0.4) is 0 Å². The van der Waals surface area contributed by atoms with Gasteiger partial charge in [-0.25, -0.2) is 8.78 Å².